The lowest BCUT2D eigenvalue weighted by Gasteiger charge is -2.21. The van der Waals surface area contributed by atoms with Crippen LogP contribution in [0.4, 0.5) is 4.39 Å². The largest absolute Gasteiger partial charge is 0.486 e. The van der Waals surface area contributed by atoms with Gasteiger partial charge in [-0.3, -0.25) is 0 Å². The molecule has 110 valence electrons. The Balaban J connectivity index is 2.05. The summed E-state index contributed by atoms with van der Waals surface area (Å²) in [4.78, 5) is -0.377. The second-order valence-corrected chi connectivity index (χ2v) is 6.78. The predicted octanol–water partition coefficient (Wildman–Crippen LogP) is 5.50. The van der Waals surface area contributed by atoms with Crippen LogP contribution in [-0.2, 0) is 0 Å². The molecule has 2 aromatic rings. The first-order chi connectivity index (χ1) is 10.1. The average molecular weight is 437 g/mol. The topological polar surface area (TPSA) is 18.5 Å². The molecule has 0 amide bonds. The Morgan fingerprint density at radius 1 is 1.05 bits per heavy atom. The van der Waals surface area contributed by atoms with Crippen LogP contribution in [0.15, 0.2) is 34.8 Å². The van der Waals surface area contributed by atoms with Crippen LogP contribution in [0.25, 0.3) is 0 Å². The first kappa shape index (κ1) is 15.1. The minimum Gasteiger partial charge on any atom is -0.486 e. The number of hydrogen-bond donors (Lipinski definition) is 0. The molecule has 0 N–H and O–H groups in total. The smallest absolute Gasteiger partial charge is 0.162 e. The molecular formula is C15H10Br2ClFO2. The van der Waals surface area contributed by atoms with Crippen molar-refractivity contribution in [2.45, 2.75) is 4.83 Å². The zero-order valence-corrected chi connectivity index (χ0v) is 14.6. The minimum atomic E-state index is -0.377. The van der Waals surface area contributed by atoms with E-state index in [9.17, 15) is 4.39 Å². The van der Waals surface area contributed by atoms with E-state index in [1.54, 1.807) is 24.3 Å². The molecule has 0 bridgehead atoms. The van der Waals surface area contributed by atoms with Crippen LogP contribution in [0.5, 0.6) is 11.5 Å². The standard InChI is InChI=1S/C15H10Br2ClFO2/c16-8-1-2-12(19)10(5-8)15(17)9-6-13-14(7-11(9)18)21-4-3-20-13/h1-2,5-7,15H,3-4H2. The fourth-order valence-electron chi connectivity index (χ4n) is 2.15. The minimum absolute atomic E-state index is 0.300. The van der Waals surface area contributed by atoms with Crippen molar-refractivity contribution in [3.8, 4) is 11.5 Å². The highest BCUT2D eigenvalue weighted by atomic mass is 79.9. The number of fused-ring (bicyclic) bond motifs is 1. The Bertz CT molecular complexity index is 694. The van der Waals surface area contributed by atoms with Gasteiger partial charge < -0.3 is 9.47 Å². The molecule has 0 saturated heterocycles. The highest BCUT2D eigenvalue weighted by molar-refractivity contribution is 9.10. The molecule has 6 heteroatoms. The number of rotatable bonds is 2. The maximum absolute atomic E-state index is 14.0. The van der Waals surface area contributed by atoms with E-state index in [1.165, 1.54) is 6.07 Å². The van der Waals surface area contributed by atoms with Crippen molar-refractivity contribution in [2.75, 3.05) is 13.2 Å². The summed E-state index contributed by atoms with van der Waals surface area (Å²) < 4.78 is 25.9. The molecular weight excluding hydrogens is 426 g/mol. The van der Waals surface area contributed by atoms with Gasteiger partial charge in [-0.25, -0.2) is 4.39 Å². The normalized spacial score (nSPS) is 14.9. The van der Waals surface area contributed by atoms with Crippen LogP contribution in [-0.4, -0.2) is 13.2 Å². The number of ether oxygens (including phenoxy) is 2. The first-order valence-corrected chi connectivity index (χ1v) is 8.33. The molecule has 0 saturated carbocycles. The highest BCUT2D eigenvalue weighted by Gasteiger charge is 2.22. The van der Waals surface area contributed by atoms with E-state index in [1.807, 2.05) is 0 Å². The third kappa shape index (κ3) is 3.05. The van der Waals surface area contributed by atoms with E-state index in [-0.39, 0.29) is 10.6 Å². The van der Waals surface area contributed by atoms with Crippen molar-refractivity contribution in [3.05, 3.63) is 56.8 Å². The lowest BCUT2D eigenvalue weighted by atomic mass is 10.0. The number of hydrogen-bond acceptors (Lipinski definition) is 2. The van der Waals surface area contributed by atoms with Crippen LogP contribution in [0.2, 0.25) is 5.02 Å². The molecule has 1 aliphatic heterocycles. The molecule has 1 heterocycles. The maximum atomic E-state index is 14.0. The molecule has 1 unspecified atom stereocenters. The van der Waals surface area contributed by atoms with E-state index in [0.717, 1.165) is 10.0 Å². The van der Waals surface area contributed by atoms with E-state index in [0.29, 0.717) is 35.3 Å². The SMILES string of the molecule is Fc1ccc(Br)cc1C(Br)c1cc2c(cc1Cl)OCCO2. The van der Waals surface area contributed by atoms with Gasteiger partial charge in [0.15, 0.2) is 11.5 Å². The molecule has 21 heavy (non-hydrogen) atoms. The Labute approximate surface area is 143 Å². The van der Waals surface area contributed by atoms with E-state index in [2.05, 4.69) is 31.9 Å². The Morgan fingerprint density at radius 3 is 2.43 bits per heavy atom. The number of alkyl halides is 1. The third-order valence-electron chi connectivity index (χ3n) is 3.17. The summed E-state index contributed by atoms with van der Waals surface area (Å²) >= 11 is 13.2. The third-order valence-corrected chi connectivity index (χ3v) is 4.97. The van der Waals surface area contributed by atoms with E-state index >= 15 is 0 Å². The van der Waals surface area contributed by atoms with Crippen LogP contribution < -0.4 is 9.47 Å². The highest BCUT2D eigenvalue weighted by Crippen LogP contribution is 2.43. The summed E-state index contributed by atoms with van der Waals surface area (Å²) in [6.07, 6.45) is 0. The molecule has 0 radical (unpaired) electrons. The molecule has 0 aromatic heterocycles. The maximum Gasteiger partial charge on any atom is 0.162 e. The van der Waals surface area contributed by atoms with Crippen molar-refractivity contribution < 1.29 is 13.9 Å². The number of benzene rings is 2. The van der Waals surface area contributed by atoms with Gasteiger partial charge in [-0.05, 0) is 29.8 Å². The fraction of sp³-hybridized carbons (Fsp3) is 0.200. The molecule has 0 fully saturated rings. The summed E-state index contributed by atoms with van der Waals surface area (Å²) in [5, 5.41) is 0.500. The van der Waals surface area contributed by atoms with Gasteiger partial charge in [0.2, 0.25) is 0 Å². The average Bonchev–Trinajstić information content (AvgIpc) is 2.48. The van der Waals surface area contributed by atoms with Crippen molar-refractivity contribution in [3.63, 3.8) is 0 Å². The molecule has 3 rings (SSSR count). The molecule has 0 spiro atoms. The second-order valence-electron chi connectivity index (χ2n) is 4.55. The van der Waals surface area contributed by atoms with Crippen LogP contribution in [0.1, 0.15) is 16.0 Å². The Kier molecular flexibility index (Phi) is 4.43. The summed E-state index contributed by atoms with van der Waals surface area (Å²) in [6, 6.07) is 8.29. The zero-order valence-electron chi connectivity index (χ0n) is 10.7. The van der Waals surface area contributed by atoms with Gasteiger partial charge in [-0.15, -0.1) is 0 Å². The van der Waals surface area contributed by atoms with Crippen LogP contribution >= 0.6 is 43.5 Å². The van der Waals surface area contributed by atoms with Crippen LogP contribution in [0.3, 0.4) is 0 Å². The quantitative estimate of drug-likeness (QED) is 0.579. The van der Waals surface area contributed by atoms with Gasteiger partial charge in [-0.1, -0.05) is 43.5 Å². The van der Waals surface area contributed by atoms with Gasteiger partial charge in [0.25, 0.3) is 0 Å². The summed E-state index contributed by atoms with van der Waals surface area (Å²) in [7, 11) is 0. The lowest BCUT2D eigenvalue weighted by Crippen LogP contribution is -2.15. The Morgan fingerprint density at radius 2 is 1.71 bits per heavy atom. The fourth-order valence-corrected chi connectivity index (χ4v) is 3.65. The van der Waals surface area contributed by atoms with Gasteiger partial charge in [0.05, 0.1) is 4.83 Å². The predicted molar refractivity (Wildman–Crippen MR) is 87.3 cm³/mol. The molecule has 2 nitrogen and oxygen atoms in total. The van der Waals surface area contributed by atoms with Gasteiger partial charge in [-0.2, -0.15) is 0 Å². The van der Waals surface area contributed by atoms with E-state index < -0.39 is 0 Å². The monoisotopic (exact) mass is 434 g/mol. The molecule has 1 aliphatic rings. The molecule has 2 aromatic carbocycles. The first-order valence-electron chi connectivity index (χ1n) is 6.24. The summed E-state index contributed by atoms with van der Waals surface area (Å²) in [6.45, 7) is 0.993. The van der Waals surface area contributed by atoms with Crippen molar-refractivity contribution >= 4 is 43.5 Å². The van der Waals surface area contributed by atoms with Gasteiger partial charge >= 0.3 is 0 Å². The van der Waals surface area contributed by atoms with Crippen molar-refractivity contribution in [2.24, 2.45) is 0 Å². The lowest BCUT2D eigenvalue weighted by molar-refractivity contribution is 0.171. The second kappa shape index (κ2) is 6.15. The van der Waals surface area contributed by atoms with Crippen molar-refractivity contribution in [1.29, 1.82) is 0 Å². The Hall–Kier alpha value is -0.780. The van der Waals surface area contributed by atoms with Gasteiger partial charge in [0.1, 0.15) is 19.0 Å². The van der Waals surface area contributed by atoms with Crippen LogP contribution in [0, 0.1) is 5.82 Å². The van der Waals surface area contributed by atoms with Crippen molar-refractivity contribution in [1.82, 2.24) is 0 Å². The molecule has 0 aliphatic carbocycles. The molecule has 1 atom stereocenters. The number of halogens is 4. The summed E-state index contributed by atoms with van der Waals surface area (Å²) in [5.41, 5.74) is 1.24. The van der Waals surface area contributed by atoms with E-state index in [4.69, 9.17) is 21.1 Å². The van der Waals surface area contributed by atoms with Gasteiger partial charge in [0, 0.05) is 21.1 Å². The zero-order chi connectivity index (χ0) is 15.0. The summed E-state index contributed by atoms with van der Waals surface area (Å²) in [5.74, 6) is 0.941.